The molecule has 11 heteroatoms. The summed E-state index contributed by atoms with van der Waals surface area (Å²) in [5, 5.41) is 19.7. The van der Waals surface area contributed by atoms with Crippen molar-refractivity contribution in [1.29, 1.82) is 0 Å². The van der Waals surface area contributed by atoms with Crippen molar-refractivity contribution in [2.24, 2.45) is 0 Å². The summed E-state index contributed by atoms with van der Waals surface area (Å²) in [7, 11) is 3.27. The number of hydrogen-bond donors (Lipinski definition) is 1. The predicted octanol–water partition coefficient (Wildman–Crippen LogP) is 6.81. The van der Waals surface area contributed by atoms with Gasteiger partial charge < -0.3 is 14.6 Å². The Morgan fingerprint density at radius 3 is 2.61 bits per heavy atom. The third-order valence-electron chi connectivity index (χ3n) is 6.82. The molecular formula is C30H25ClN4O4S2. The zero-order valence-corrected chi connectivity index (χ0v) is 24.5. The van der Waals surface area contributed by atoms with E-state index in [-0.39, 0.29) is 16.9 Å². The van der Waals surface area contributed by atoms with Crippen LogP contribution in [-0.4, -0.2) is 45.0 Å². The fourth-order valence-corrected chi connectivity index (χ4v) is 7.85. The van der Waals surface area contributed by atoms with Crippen LogP contribution < -0.4 is 9.47 Å². The van der Waals surface area contributed by atoms with E-state index in [4.69, 9.17) is 26.2 Å². The molecule has 8 nitrogen and oxygen atoms in total. The molecule has 0 saturated heterocycles. The number of halogens is 1. The molecule has 0 unspecified atom stereocenters. The lowest BCUT2D eigenvalue weighted by atomic mass is 10.0. The largest absolute Gasteiger partial charge is 0.493 e. The molecule has 1 aliphatic rings. The first-order valence-corrected chi connectivity index (χ1v) is 14.9. The predicted molar refractivity (Wildman–Crippen MR) is 161 cm³/mol. The highest BCUT2D eigenvalue weighted by Crippen LogP contribution is 2.54. The highest BCUT2D eigenvalue weighted by Gasteiger charge is 2.36. The number of ether oxygens (including phenoxy) is 2. The maximum atomic E-state index is 11.3. The maximum absolute atomic E-state index is 11.3. The van der Waals surface area contributed by atoms with E-state index in [1.807, 2.05) is 66.7 Å². The van der Waals surface area contributed by atoms with Crippen LogP contribution in [0.15, 0.2) is 72.9 Å². The van der Waals surface area contributed by atoms with Gasteiger partial charge in [-0.15, -0.1) is 33.3 Å². The Morgan fingerprint density at radius 1 is 1.02 bits per heavy atom. The van der Waals surface area contributed by atoms with E-state index >= 15 is 0 Å². The van der Waals surface area contributed by atoms with Gasteiger partial charge in [0.15, 0.2) is 23.1 Å². The number of aromatic nitrogens is 4. The number of carbonyl (C=O) groups is 1. The van der Waals surface area contributed by atoms with E-state index in [9.17, 15) is 9.90 Å². The van der Waals surface area contributed by atoms with Gasteiger partial charge in [0.1, 0.15) is 0 Å². The standard InChI is InChI=1S/C30H25ClN4O4S2/c1-38-23-10-6-9-20(27(23)39-2)28-21-13-18(31)11-12-22(21)35-29(17-7-4-3-5-8-17)33-34-30(35)24(41-28)15-25-32-16-19(40-25)14-26(36)37/h3-13,16,24,28H,14-15H2,1-2H3,(H,36,37)/t24-,28-/m1/s1. The lowest BCUT2D eigenvalue weighted by Crippen LogP contribution is -2.07. The molecule has 2 aromatic heterocycles. The first-order chi connectivity index (χ1) is 20.0. The van der Waals surface area contributed by atoms with Crippen molar-refractivity contribution in [1.82, 2.24) is 19.7 Å². The number of nitrogens with zero attached hydrogens (tertiary/aromatic N) is 4. The van der Waals surface area contributed by atoms with Crippen LogP contribution in [0.1, 0.15) is 37.3 Å². The fraction of sp³-hybridized carbons (Fsp3) is 0.200. The summed E-state index contributed by atoms with van der Waals surface area (Å²) in [6.45, 7) is 0. The minimum atomic E-state index is -0.881. The van der Waals surface area contributed by atoms with Crippen LogP contribution in [0.4, 0.5) is 0 Å². The fourth-order valence-electron chi connectivity index (χ4n) is 5.08. The van der Waals surface area contributed by atoms with E-state index in [0.717, 1.165) is 39.0 Å². The molecule has 1 N–H and O–H groups in total. The molecule has 0 saturated carbocycles. The number of rotatable bonds is 8. The van der Waals surface area contributed by atoms with Crippen LogP contribution in [0.25, 0.3) is 17.1 Å². The lowest BCUT2D eigenvalue weighted by molar-refractivity contribution is -0.136. The topological polar surface area (TPSA) is 99.4 Å². The molecule has 5 aromatic rings. The molecule has 0 radical (unpaired) electrons. The average molecular weight is 605 g/mol. The third kappa shape index (κ3) is 5.30. The molecule has 0 fully saturated rings. The Labute approximate surface area is 250 Å². The van der Waals surface area contributed by atoms with Crippen molar-refractivity contribution in [2.75, 3.05) is 14.2 Å². The molecule has 0 spiro atoms. The smallest absolute Gasteiger partial charge is 0.308 e. The minimum Gasteiger partial charge on any atom is -0.493 e. The molecule has 1 aliphatic heterocycles. The Morgan fingerprint density at radius 2 is 1.85 bits per heavy atom. The number of para-hydroxylation sites is 1. The summed E-state index contributed by atoms with van der Waals surface area (Å²) < 4.78 is 13.6. The highest BCUT2D eigenvalue weighted by molar-refractivity contribution is 8.00. The van der Waals surface area contributed by atoms with Crippen LogP contribution >= 0.6 is 34.7 Å². The number of hydrogen-bond acceptors (Lipinski definition) is 8. The summed E-state index contributed by atoms with van der Waals surface area (Å²) in [6, 6.07) is 21.7. The quantitative estimate of drug-likeness (QED) is 0.206. The van der Waals surface area contributed by atoms with E-state index < -0.39 is 5.97 Å². The number of methoxy groups -OCH3 is 2. The van der Waals surface area contributed by atoms with Crippen molar-refractivity contribution in [3.05, 3.63) is 105 Å². The van der Waals surface area contributed by atoms with Crippen molar-refractivity contribution >= 4 is 40.7 Å². The van der Waals surface area contributed by atoms with Gasteiger partial charge in [-0.1, -0.05) is 54.1 Å². The molecular weight excluding hydrogens is 580 g/mol. The molecule has 2 atom stereocenters. The second-order valence-electron chi connectivity index (χ2n) is 9.37. The zero-order valence-electron chi connectivity index (χ0n) is 22.2. The number of carboxylic acid groups (broad SMARTS) is 1. The first-order valence-electron chi connectivity index (χ1n) is 12.8. The van der Waals surface area contributed by atoms with E-state index in [2.05, 4.69) is 14.6 Å². The number of benzene rings is 3. The zero-order chi connectivity index (χ0) is 28.5. The summed E-state index contributed by atoms with van der Waals surface area (Å²) in [5.74, 6) is 1.90. The average Bonchev–Trinajstić information content (AvgIpc) is 3.59. The number of carboxylic acids is 1. The van der Waals surface area contributed by atoms with Gasteiger partial charge in [0, 0.05) is 33.6 Å². The Bertz CT molecular complexity index is 1720. The summed E-state index contributed by atoms with van der Waals surface area (Å²) in [6.07, 6.45) is 2.12. The molecule has 3 heterocycles. The summed E-state index contributed by atoms with van der Waals surface area (Å²) in [4.78, 5) is 16.6. The Hall–Kier alpha value is -3.86. The normalized spacial score (nSPS) is 16.0. The van der Waals surface area contributed by atoms with Crippen LogP contribution in [0.3, 0.4) is 0 Å². The number of thiazole rings is 1. The monoisotopic (exact) mass is 604 g/mol. The van der Waals surface area contributed by atoms with Gasteiger partial charge >= 0.3 is 5.97 Å². The Kier molecular flexibility index (Phi) is 7.70. The third-order valence-corrected chi connectivity index (χ3v) is 9.56. The number of thioether (sulfide) groups is 1. The molecule has 208 valence electrons. The number of fused-ring (bicyclic) bond motifs is 3. The molecule has 0 aliphatic carbocycles. The van der Waals surface area contributed by atoms with Gasteiger partial charge in [0.25, 0.3) is 0 Å². The highest BCUT2D eigenvalue weighted by atomic mass is 35.5. The van der Waals surface area contributed by atoms with Crippen molar-refractivity contribution in [3.63, 3.8) is 0 Å². The van der Waals surface area contributed by atoms with Crippen molar-refractivity contribution < 1.29 is 19.4 Å². The molecule has 0 amide bonds. The van der Waals surface area contributed by atoms with Gasteiger partial charge in [-0.05, 0) is 29.8 Å². The van der Waals surface area contributed by atoms with Gasteiger partial charge in [-0.3, -0.25) is 9.36 Å². The molecule has 0 bridgehead atoms. The van der Waals surface area contributed by atoms with Crippen LogP contribution in [0.2, 0.25) is 5.02 Å². The molecule has 3 aromatic carbocycles. The van der Waals surface area contributed by atoms with Crippen LogP contribution in [-0.2, 0) is 17.6 Å². The van der Waals surface area contributed by atoms with Gasteiger partial charge in [0.2, 0.25) is 0 Å². The van der Waals surface area contributed by atoms with Crippen LogP contribution in [0, 0.1) is 0 Å². The number of aliphatic carboxylic acids is 1. The molecule has 6 rings (SSSR count). The molecule has 41 heavy (non-hydrogen) atoms. The van der Waals surface area contributed by atoms with E-state index in [0.29, 0.717) is 27.8 Å². The van der Waals surface area contributed by atoms with Gasteiger partial charge in [0.05, 0.1) is 41.8 Å². The summed E-state index contributed by atoms with van der Waals surface area (Å²) >= 11 is 9.74. The minimum absolute atomic E-state index is 0.0581. The maximum Gasteiger partial charge on any atom is 0.308 e. The Balaban J connectivity index is 1.56. The SMILES string of the molecule is COc1cccc([C@H]2S[C@H](Cc3ncc(CC(=O)O)s3)c3nnc(-c4ccccc4)n3-c3ccc(Cl)cc32)c1OC. The second kappa shape index (κ2) is 11.6. The summed E-state index contributed by atoms with van der Waals surface area (Å²) in [5.41, 5.74) is 3.78. The second-order valence-corrected chi connectivity index (χ2v) is 12.3. The lowest BCUT2D eigenvalue weighted by Gasteiger charge is -2.23. The van der Waals surface area contributed by atoms with E-state index in [1.54, 1.807) is 32.2 Å². The van der Waals surface area contributed by atoms with Gasteiger partial charge in [-0.2, -0.15) is 0 Å². The first kappa shape index (κ1) is 27.3. The van der Waals surface area contributed by atoms with E-state index in [1.165, 1.54) is 11.3 Å². The van der Waals surface area contributed by atoms with Crippen molar-refractivity contribution in [3.8, 4) is 28.6 Å². The van der Waals surface area contributed by atoms with Gasteiger partial charge in [-0.25, -0.2) is 4.98 Å². The van der Waals surface area contributed by atoms with Crippen molar-refractivity contribution in [2.45, 2.75) is 23.3 Å². The van der Waals surface area contributed by atoms with Crippen LogP contribution in [0.5, 0.6) is 11.5 Å².